The maximum Gasteiger partial charge on any atom is 0.0701 e. The van der Waals surface area contributed by atoms with Gasteiger partial charge in [-0.15, -0.1) is 11.3 Å². The minimum atomic E-state index is 0.746. The molecule has 2 N–H and O–H groups in total. The van der Waals surface area contributed by atoms with Crippen LogP contribution in [0.4, 0.5) is 0 Å². The molecule has 1 aromatic heterocycles. The first-order valence-electron chi connectivity index (χ1n) is 6.80. The van der Waals surface area contributed by atoms with E-state index in [-0.39, 0.29) is 0 Å². The summed E-state index contributed by atoms with van der Waals surface area (Å²) in [5.41, 5.74) is 7.31. The third-order valence-electron chi connectivity index (χ3n) is 3.99. The van der Waals surface area contributed by atoms with Crippen LogP contribution < -0.4 is 5.73 Å². The molecule has 0 bridgehead atoms. The van der Waals surface area contributed by atoms with Crippen LogP contribution >= 0.6 is 27.3 Å². The lowest BCUT2D eigenvalue weighted by Crippen LogP contribution is -2.35. The number of nitrogens with two attached hydrogens (primary N) is 1. The first kappa shape index (κ1) is 14.5. The Morgan fingerprint density at radius 3 is 2.72 bits per heavy atom. The third kappa shape index (κ3) is 4.05. The molecule has 0 radical (unpaired) electrons. The van der Waals surface area contributed by atoms with Crippen molar-refractivity contribution in [3.05, 3.63) is 20.8 Å². The van der Waals surface area contributed by atoms with Crippen LogP contribution in [0.2, 0.25) is 0 Å². The fraction of sp³-hybridized carbons (Fsp3) is 0.714. The number of thiophene rings is 1. The summed E-state index contributed by atoms with van der Waals surface area (Å²) < 4.78 is 1.23. The van der Waals surface area contributed by atoms with Crippen LogP contribution in [-0.4, -0.2) is 25.0 Å². The van der Waals surface area contributed by atoms with Gasteiger partial charge in [0.25, 0.3) is 0 Å². The van der Waals surface area contributed by atoms with Gasteiger partial charge in [-0.3, -0.25) is 0 Å². The molecule has 2 atom stereocenters. The highest BCUT2D eigenvalue weighted by Crippen LogP contribution is 2.30. The largest absolute Gasteiger partial charge is 0.330 e. The molecule has 1 heterocycles. The summed E-state index contributed by atoms with van der Waals surface area (Å²) in [5, 5.41) is 2.24. The number of nitrogens with zero attached hydrogens (tertiary/aromatic N) is 1. The molecule has 2 rings (SSSR count). The lowest BCUT2D eigenvalue weighted by atomic mass is 9.79. The Labute approximate surface area is 123 Å². The molecule has 0 spiro atoms. The van der Waals surface area contributed by atoms with Gasteiger partial charge < -0.3 is 10.6 Å². The van der Waals surface area contributed by atoms with Crippen LogP contribution in [0.5, 0.6) is 0 Å². The molecule has 1 fully saturated rings. The Morgan fingerprint density at radius 1 is 1.39 bits per heavy atom. The van der Waals surface area contributed by atoms with Gasteiger partial charge in [0.05, 0.1) is 3.79 Å². The summed E-state index contributed by atoms with van der Waals surface area (Å²) in [5.74, 6) is 1.55. The van der Waals surface area contributed by atoms with E-state index in [1.165, 1.54) is 41.6 Å². The second-order valence-electron chi connectivity index (χ2n) is 5.50. The summed E-state index contributed by atoms with van der Waals surface area (Å²) in [6, 6.07) is 2.22. The van der Waals surface area contributed by atoms with Crippen molar-refractivity contribution >= 4 is 27.3 Å². The van der Waals surface area contributed by atoms with E-state index >= 15 is 0 Å². The Morgan fingerprint density at radius 2 is 2.11 bits per heavy atom. The first-order chi connectivity index (χ1) is 8.69. The molecule has 1 aliphatic carbocycles. The van der Waals surface area contributed by atoms with Crippen molar-refractivity contribution in [1.29, 1.82) is 0 Å². The smallest absolute Gasteiger partial charge is 0.0701 e. The predicted molar refractivity (Wildman–Crippen MR) is 82.9 cm³/mol. The molecule has 102 valence electrons. The van der Waals surface area contributed by atoms with Crippen LogP contribution in [0.3, 0.4) is 0 Å². The van der Waals surface area contributed by atoms with Crippen molar-refractivity contribution in [2.45, 2.75) is 32.2 Å². The fourth-order valence-electron chi connectivity index (χ4n) is 3.04. The summed E-state index contributed by atoms with van der Waals surface area (Å²) in [4.78, 5) is 2.45. The molecule has 1 saturated carbocycles. The van der Waals surface area contributed by atoms with E-state index < -0.39 is 0 Å². The monoisotopic (exact) mass is 330 g/mol. The number of halogens is 1. The highest BCUT2D eigenvalue weighted by molar-refractivity contribution is 9.11. The van der Waals surface area contributed by atoms with Gasteiger partial charge >= 0.3 is 0 Å². The zero-order valence-corrected chi connectivity index (χ0v) is 13.5. The molecule has 1 aromatic rings. The molecular formula is C14H23BrN2S. The zero-order valence-electron chi connectivity index (χ0n) is 11.1. The topological polar surface area (TPSA) is 29.3 Å². The fourth-order valence-corrected chi connectivity index (χ4v) is 4.24. The molecule has 4 heteroatoms. The highest BCUT2D eigenvalue weighted by Gasteiger charge is 2.24. The Balaban J connectivity index is 1.84. The van der Waals surface area contributed by atoms with Crippen molar-refractivity contribution in [1.82, 2.24) is 4.90 Å². The predicted octanol–water partition coefficient (Wildman–Crippen LogP) is 3.71. The van der Waals surface area contributed by atoms with E-state index in [4.69, 9.17) is 5.73 Å². The van der Waals surface area contributed by atoms with Crippen molar-refractivity contribution < 1.29 is 0 Å². The minimum Gasteiger partial charge on any atom is -0.330 e. The standard InChI is InChI=1S/C14H23BrN2S/c1-17(8-11-6-14(15)18-10-11)9-13-5-3-2-4-12(13)7-16/h6,10,12-13H,2-5,7-9,16H2,1H3. The summed E-state index contributed by atoms with van der Waals surface area (Å²) in [6.07, 6.45) is 5.46. The Hall–Kier alpha value is 0.1000. The van der Waals surface area contributed by atoms with Gasteiger partial charge in [-0.05, 0) is 71.2 Å². The maximum atomic E-state index is 5.90. The Kier molecular flexibility index (Phi) is 5.67. The van der Waals surface area contributed by atoms with E-state index in [0.29, 0.717) is 0 Å². The number of hydrogen-bond acceptors (Lipinski definition) is 3. The minimum absolute atomic E-state index is 0.746. The molecule has 0 aromatic carbocycles. The van der Waals surface area contributed by atoms with Gasteiger partial charge in [0, 0.05) is 13.1 Å². The van der Waals surface area contributed by atoms with Crippen molar-refractivity contribution in [3.63, 3.8) is 0 Å². The van der Waals surface area contributed by atoms with Crippen LogP contribution in [0, 0.1) is 11.8 Å². The van der Waals surface area contributed by atoms with E-state index in [1.54, 1.807) is 11.3 Å². The van der Waals surface area contributed by atoms with Gasteiger partial charge in [0.15, 0.2) is 0 Å². The average Bonchev–Trinajstić information content (AvgIpc) is 2.75. The number of rotatable bonds is 5. The normalized spacial score (nSPS) is 24.7. The van der Waals surface area contributed by atoms with Crippen LogP contribution in [0.15, 0.2) is 15.2 Å². The lowest BCUT2D eigenvalue weighted by molar-refractivity contribution is 0.170. The molecule has 2 unspecified atom stereocenters. The molecule has 0 saturated heterocycles. The molecule has 18 heavy (non-hydrogen) atoms. The molecule has 0 aliphatic heterocycles. The van der Waals surface area contributed by atoms with Crippen molar-refractivity contribution in [2.75, 3.05) is 20.1 Å². The summed E-state index contributed by atoms with van der Waals surface area (Å²) >= 11 is 5.29. The van der Waals surface area contributed by atoms with Crippen molar-refractivity contribution in [3.8, 4) is 0 Å². The van der Waals surface area contributed by atoms with E-state index in [9.17, 15) is 0 Å². The molecular weight excluding hydrogens is 308 g/mol. The summed E-state index contributed by atoms with van der Waals surface area (Å²) in [7, 11) is 2.23. The number of hydrogen-bond donors (Lipinski definition) is 1. The van der Waals surface area contributed by atoms with Gasteiger partial charge in [0.2, 0.25) is 0 Å². The van der Waals surface area contributed by atoms with E-state index in [0.717, 1.165) is 24.9 Å². The van der Waals surface area contributed by atoms with E-state index in [1.807, 2.05) is 0 Å². The van der Waals surface area contributed by atoms with Crippen molar-refractivity contribution in [2.24, 2.45) is 17.6 Å². The second-order valence-corrected chi connectivity index (χ2v) is 7.79. The zero-order chi connectivity index (χ0) is 13.0. The molecule has 2 nitrogen and oxygen atoms in total. The van der Waals surface area contributed by atoms with E-state index in [2.05, 4.69) is 39.3 Å². The first-order valence-corrected chi connectivity index (χ1v) is 8.48. The van der Waals surface area contributed by atoms with Gasteiger partial charge in [-0.25, -0.2) is 0 Å². The van der Waals surface area contributed by atoms with Crippen LogP contribution in [0.25, 0.3) is 0 Å². The van der Waals surface area contributed by atoms with Gasteiger partial charge in [0.1, 0.15) is 0 Å². The van der Waals surface area contributed by atoms with Crippen LogP contribution in [-0.2, 0) is 6.54 Å². The van der Waals surface area contributed by atoms with Crippen LogP contribution in [0.1, 0.15) is 31.2 Å². The van der Waals surface area contributed by atoms with Gasteiger partial charge in [-0.2, -0.15) is 0 Å². The lowest BCUT2D eigenvalue weighted by Gasteiger charge is -2.33. The van der Waals surface area contributed by atoms with Gasteiger partial charge in [-0.1, -0.05) is 12.8 Å². The summed E-state index contributed by atoms with van der Waals surface area (Å²) in [6.45, 7) is 3.10. The SMILES string of the molecule is CN(Cc1csc(Br)c1)CC1CCCCC1CN. The third-order valence-corrected chi connectivity index (χ3v) is 5.54. The molecule has 0 amide bonds. The highest BCUT2D eigenvalue weighted by atomic mass is 79.9. The average molecular weight is 331 g/mol. The quantitative estimate of drug-likeness (QED) is 0.891. The Bertz CT molecular complexity index is 366. The second kappa shape index (κ2) is 7.04. The maximum absolute atomic E-state index is 5.90. The molecule has 1 aliphatic rings.